The smallest absolute Gasteiger partial charge is 0.364 e. The second kappa shape index (κ2) is 57.6. The fourth-order valence-corrected chi connectivity index (χ4v) is 14.3. The van der Waals surface area contributed by atoms with Crippen molar-refractivity contribution in [3.05, 3.63) is 12.2 Å². The fourth-order valence-electron chi connectivity index (χ4n) is 14.3. The Morgan fingerprint density at radius 1 is 0.505 bits per heavy atom. The molecule has 3 rings (SSSR count). The first kappa shape index (κ1) is 92.7. The molecule has 101 heavy (non-hydrogen) atoms. The van der Waals surface area contributed by atoms with Crippen molar-refractivity contribution < 1.29 is 104 Å². The highest BCUT2D eigenvalue weighted by atomic mass is 16.8. The van der Waals surface area contributed by atoms with Crippen LogP contribution < -0.4 is 10.6 Å². The van der Waals surface area contributed by atoms with Gasteiger partial charge in [0.2, 0.25) is 11.8 Å². The minimum absolute atomic E-state index is 0.227. The molecule has 14 N–H and O–H groups in total. The summed E-state index contributed by atoms with van der Waals surface area (Å²) >= 11 is 0. The number of carboxylic acids is 1. The van der Waals surface area contributed by atoms with E-state index >= 15 is 0 Å². The molecule has 3 aliphatic heterocycles. The molecule has 0 aromatic heterocycles. The topological polar surface area (TPSA) is 373 Å². The van der Waals surface area contributed by atoms with Gasteiger partial charge in [-0.05, 0) is 38.5 Å². The number of ether oxygens (including phenoxy) is 6. The zero-order valence-corrected chi connectivity index (χ0v) is 62.8. The molecular weight excluding hydrogens is 1300 g/mol. The molecule has 0 saturated carbocycles. The van der Waals surface area contributed by atoms with E-state index in [1.807, 2.05) is 0 Å². The number of rotatable bonds is 64. The van der Waals surface area contributed by atoms with Crippen molar-refractivity contribution in [2.75, 3.05) is 26.4 Å². The molecule has 3 aliphatic rings. The van der Waals surface area contributed by atoms with Crippen molar-refractivity contribution in [2.45, 2.75) is 439 Å². The number of aliphatic hydroxyl groups excluding tert-OH is 11. The number of carbonyl (C=O) groups is 3. The SMILES string of the molecule is CCCCCCCCCCCCCCCCCC/C=C\CCCCCCCCCCCCCCCCCCCC(=O)NC(COC1OC(CO)C(OC2OC(CO)C(O)C(OC3(C(=O)O)CC(O)C(NC(C)=O)C(C(O)C(O)CO)O3)C2O)C(O)C1O)C(O)CCCCCCCCCCCC. The zero-order valence-electron chi connectivity index (χ0n) is 62.8. The highest BCUT2D eigenvalue weighted by Gasteiger charge is 2.60. The molecule has 3 heterocycles. The average Bonchev–Trinajstić information content (AvgIpc) is 0.756. The first-order valence-electron chi connectivity index (χ1n) is 40.5. The fraction of sp³-hybridized carbons (Fsp3) is 0.936. The Kier molecular flexibility index (Phi) is 52.9. The number of hydrogen-bond acceptors (Lipinski definition) is 20. The number of carbonyl (C=O) groups excluding carboxylic acids is 2. The molecular formula is C78H146N2O21. The molecule has 18 unspecified atom stereocenters. The van der Waals surface area contributed by atoms with Crippen molar-refractivity contribution >= 4 is 17.8 Å². The number of hydrogen-bond donors (Lipinski definition) is 14. The van der Waals surface area contributed by atoms with Gasteiger partial charge in [-0.15, -0.1) is 0 Å². The second-order valence-electron chi connectivity index (χ2n) is 29.6. The third kappa shape index (κ3) is 38.2. The summed E-state index contributed by atoms with van der Waals surface area (Å²) in [6, 6.07) is -2.53. The first-order chi connectivity index (χ1) is 48.9. The predicted octanol–water partition coefficient (Wildman–Crippen LogP) is 10.6. The zero-order chi connectivity index (χ0) is 73.9. The third-order valence-electron chi connectivity index (χ3n) is 20.7. The summed E-state index contributed by atoms with van der Waals surface area (Å²) < 4.78 is 34.9. The van der Waals surface area contributed by atoms with Crippen LogP contribution in [0.25, 0.3) is 0 Å². The molecule has 18 atom stereocenters. The second-order valence-corrected chi connectivity index (χ2v) is 29.6. The normalized spacial score (nSPS) is 26.8. The quantitative estimate of drug-likeness (QED) is 0.0199. The first-order valence-corrected chi connectivity index (χ1v) is 40.5. The van der Waals surface area contributed by atoms with Crippen LogP contribution in [0.4, 0.5) is 0 Å². The Morgan fingerprint density at radius 3 is 1.34 bits per heavy atom. The van der Waals surface area contributed by atoms with Gasteiger partial charge in [-0.2, -0.15) is 0 Å². The number of aliphatic carboxylic acids is 1. The van der Waals surface area contributed by atoms with Crippen molar-refractivity contribution in [1.82, 2.24) is 10.6 Å². The standard InChI is InChI=1S/C78H146N2O21/c1-4-6-8-10-12-14-16-17-18-19-20-21-22-23-24-25-26-27-28-29-30-31-32-33-34-35-36-37-38-39-40-41-42-44-46-48-50-52-65(88)80-59(60(85)51-49-47-45-43-15-13-11-9-7-5-2)57-96-75-70(92)69(91)72(64(56-83)98-75)99-76-71(93)74(68(90)63(55-82)97-76)101-78(77(94)95)53-61(86)66(79-58(3)84)73(100-78)67(89)62(87)54-81/h27-28,59-64,66-76,81-83,85-87,89-93H,4-26,29-57H2,1-3H3,(H,79,84)(H,80,88)(H,94,95)/b28-27-. The van der Waals surface area contributed by atoms with E-state index in [9.17, 15) is 75.7 Å². The molecule has 23 nitrogen and oxygen atoms in total. The summed E-state index contributed by atoms with van der Waals surface area (Å²) in [5.74, 6) is -6.09. The molecule has 23 heteroatoms. The Hall–Kier alpha value is -2.53. The Bertz CT molecular complexity index is 2070. The van der Waals surface area contributed by atoms with Gasteiger partial charge in [0.25, 0.3) is 5.79 Å². The predicted molar refractivity (Wildman–Crippen MR) is 389 cm³/mol. The maximum Gasteiger partial charge on any atom is 0.364 e. The van der Waals surface area contributed by atoms with Gasteiger partial charge in [-0.1, -0.05) is 283 Å². The van der Waals surface area contributed by atoms with Crippen LogP contribution in [0.1, 0.15) is 329 Å². The minimum atomic E-state index is -3.08. The monoisotopic (exact) mass is 1450 g/mol. The van der Waals surface area contributed by atoms with Gasteiger partial charge in [0.1, 0.15) is 67.1 Å². The van der Waals surface area contributed by atoms with E-state index < -0.39 is 148 Å². The summed E-state index contributed by atoms with van der Waals surface area (Å²) in [6.07, 6.45) is 32.8. The molecule has 0 aromatic carbocycles. The maximum atomic E-state index is 13.5. The molecule has 0 aliphatic carbocycles. The lowest BCUT2D eigenvalue weighted by atomic mass is 9.88. The van der Waals surface area contributed by atoms with E-state index in [1.165, 1.54) is 225 Å². The minimum Gasteiger partial charge on any atom is -0.477 e. The van der Waals surface area contributed by atoms with Gasteiger partial charge in [-0.3, -0.25) is 9.59 Å². The number of amides is 2. The Morgan fingerprint density at radius 2 is 0.921 bits per heavy atom. The van der Waals surface area contributed by atoms with E-state index in [1.54, 1.807) is 0 Å². The van der Waals surface area contributed by atoms with Crippen LogP contribution in [0.3, 0.4) is 0 Å². The number of aliphatic hydroxyl groups is 11. The Labute approximate surface area is 607 Å². The molecule has 0 spiro atoms. The summed E-state index contributed by atoms with van der Waals surface area (Å²) in [5, 5.41) is 136. The van der Waals surface area contributed by atoms with Crippen molar-refractivity contribution in [3.63, 3.8) is 0 Å². The highest BCUT2D eigenvalue weighted by Crippen LogP contribution is 2.39. The summed E-state index contributed by atoms with van der Waals surface area (Å²) in [7, 11) is 0. The van der Waals surface area contributed by atoms with Crippen molar-refractivity contribution in [2.24, 2.45) is 0 Å². The van der Waals surface area contributed by atoms with Crippen LogP contribution in [0.5, 0.6) is 0 Å². The van der Waals surface area contributed by atoms with Crippen molar-refractivity contribution in [3.8, 4) is 0 Å². The molecule has 0 aromatic rings. The number of allylic oxidation sites excluding steroid dienone is 2. The summed E-state index contributed by atoms with van der Waals surface area (Å²) in [6.45, 7) is 2.21. The van der Waals surface area contributed by atoms with E-state index in [0.717, 1.165) is 58.3 Å². The van der Waals surface area contributed by atoms with E-state index in [2.05, 4.69) is 36.6 Å². The number of carboxylic acid groups (broad SMARTS) is 1. The van der Waals surface area contributed by atoms with Crippen LogP contribution in [-0.4, -0.2) is 215 Å². The average molecular weight is 1450 g/mol. The Balaban J connectivity index is 1.38. The van der Waals surface area contributed by atoms with Crippen LogP contribution >= 0.6 is 0 Å². The summed E-state index contributed by atoms with van der Waals surface area (Å²) in [4.78, 5) is 38.6. The molecule has 0 bridgehead atoms. The van der Waals surface area contributed by atoms with Crippen LogP contribution in [-0.2, 0) is 42.8 Å². The molecule has 2 amide bonds. The number of unbranched alkanes of at least 4 members (excludes halogenated alkanes) is 42. The summed E-state index contributed by atoms with van der Waals surface area (Å²) in [5.41, 5.74) is 0. The number of nitrogens with one attached hydrogen (secondary N) is 2. The largest absolute Gasteiger partial charge is 0.477 e. The lowest BCUT2D eigenvalue weighted by Crippen LogP contribution is -2.70. The van der Waals surface area contributed by atoms with Gasteiger partial charge >= 0.3 is 5.97 Å². The maximum absolute atomic E-state index is 13.5. The van der Waals surface area contributed by atoms with Gasteiger partial charge < -0.3 is 100 Å². The van der Waals surface area contributed by atoms with Gasteiger partial charge in [0, 0.05) is 19.8 Å². The van der Waals surface area contributed by atoms with Gasteiger partial charge in [-0.25, -0.2) is 4.79 Å². The third-order valence-corrected chi connectivity index (χ3v) is 20.7. The van der Waals surface area contributed by atoms with Crippen LogP contribution in [0.15, 0.2) is 12.2 Å². The van der Waals surface area contributed by atoms with Crippen LogP contribution in [0.2, 0.25) is 0 Å². The lowest BCUT2D eigenvalue weighted by molar-refractivity contribution is -0.386. The van der Waals surface area contributed by atoms with Crippen LogP contribution in [0, 0.1) is 0 Å². The lowest BCUT2D eigenvalue weighted by Gasteiger charge is -2.50. The van der Waals surface area contributed by atoms with E-state index in [0.29, 0.717) is 19.3 Å². The molecule has 3 saturated heterocycles. The van der Waals surface area contributed by atoms with E-state index in [4.69, 9.17) is 28.4 Å². The molecule has 3 fully saturated rings. The molecule has 594 valence electrons. The van der Waals surface area contributed by atoms with Gasteiger partial charge in [0.15, 0.2) is 12.6 Å². The molecule has 0 radical (unpaired) electrons. The van der Waals surface area contributed by atoms with Crippen molar-refractivity contribution in [1.29, 1.82) is 0 Å². The van der Waals surface area contributed by atoms with Gasteiger partial charge in [0.05, 0.1) is 50.7 Å². The van der Waals surface area contributed by atoms with E-state index in [-0.39, 0.29) is 18.9 Å². The highest BCUT2D eigenvalue weighted by molar-refractivity contribution is 5.77.